The lowest BCUT2D eigenvalue weighted by molar-refractivity contribution is 0.0927. The molecule has 0 unspecified atom stereocenters. The van der Waals surface area contributed by atoms with Crippen molar-refractivity contribution >= 4 is 17.4 Å². The maximum absolute atomic E-state index is 11.7. The minimum absolute atomic E-state index is 0.151. The number of fused-ring (bicyclic) bond motifs is 1. The monoisotopic (exact) mass is 328 g/mol. The van der Waals surface area contributed by atoms with E-state index in [1.54, 1.807) is 16.6 Å². The van der Waals surface area contributed by atoms with Gasteiger partial charge in [-0.3, -0.25) is 4.79 Å². The van der Waals surface area contributed by atoms with Gasteiger partial charge in [0.2, 0.25) is 0 Å². The third-order valence-electron chi connectivity index (χ3n) is 3.40. The maximum atomic E-state index is 11.7. The predicted octanol–water partition coefficient (Wildman–Crippen LogP) is 1.86. The van der Waals surface area contributed by atoms with Crippen LogP contribution in [0.25, 0.3) is 5.65 Å². The second-order valence-electron chi connectivity index (χ2n) is 6.42. The van der Waals surface area contributed by atoms with E-state index >= 15 is 0 Å². The molecule has 0 spiro atoms. The van der Waals surface area contributed by atoms with E-state index in [0.29, 0.717) is 30.3 Å². The molecule has 3 aromatic heterocycles. The first-order valence-electron chi connectivity index (χ1n) is 7.74. The summed E-state index contributed by atoms with van der Waals surface area (Å²) in [7, 11) is 0. The van der Waals surface area contributed by atoms with Gasteiger partial charge in [-0.2, -0.15) is 4.52 Å². The maximum Gasteiger partial charge on any atom is 0.287 e. The lowest BCUT2D eigenvalue weighted by atomic mass is 9.96. The van der Waals surface area contributed by atoms with Gasteiger partial charge in [0.25, 0.3) is 5.91 Å². The van der Waals surface area contributed by atoms with Crippen molar-refractivity contribution < 1.29 is 9.21 Å². The zero-order chi connectivity index (χ0) is 17.2. The van der Waals surface area contributed by atoms with E-state index in [9.17, 15) is 4.79 Å². The second-order valence-corrected chi connectivity index (χ2v) is 6.42. The quantitative estimate of drug-likeness (QED) is 0.694. The summed E-state index contributed by atoms with van der Waals surface area (Å²) in [6.45, 7) is 7.19. The summed E-state index contributed by atoms with van der Waals surface area (Å²) in [6, 6.07) is 7.00. The average Bonchev–Trinajstić information content (AvgIpc) is 3.19. The third-order valence-corrected chi connectivity index (χ3v) is 3.40. The second kappa shape index (κ2) is 6.31. The fourth-order valence-corrected chi connectivity index (χ4v) is 2.21. The van der Waals surface area contributed by atoms with Crippen LogP contribution in [0.4, 0.5) is 5.82 Å². The van der Waals surface area contributed by atoms with E-state index in [4.69, 9.17) is 4.42 Å². The van der Waals surface area contributed by atoms with E-state index in [1.165, 1.54) is 6.26 Å². The molecule has 0 aliphatic heterocycles. The molecule has 8 nitrogen and oxygen atoms in total. The van der Waals surface area contributed by atoms with E-state index in [1.807, 2.05) is 12.1 Å². The van der Waals surface area contributed by atoms with Crippen LogP contribution < -0.4 is 10.6 Å². The molecule has 0 aliphatic carbocycles. The molecule has 24 heavy (non-hydrogen) atoms. The first-order valence-corrected chi connectivity index (χ1v) is 7.74. The molecular formula is C16H20N6O2. The van der Waals surface area contributed by atoms with Gasteiger partial charge in [0.05, 0.1) is 6.26 Å². The van der Waals surface area contributed by atoms with E-state index in [0.717, 1.165) is 5.82 Å². The summed E-state index contributed by atoms with van der Waals surface area (Å²) in [5, 5.41) is 18.8. The standard InChI is InChI=1S/C16H20N6O2/c1-16(2,3)15-20-19-13-7-6-12(21-22(13)15)17-8-9-18-14(23)11-5-4-10-24-11/h4-7,10H,8-9H2,1-3H3,(H,17,21)(H,18,23). The minimum atomic E-state index is -0.237. The molecule has 0 aliphatic rings. The fourth-order valence-electron chi connectivity index (χ4n) is 2.21. The summed E-state index contributed by atoms with van der Waals surface area (Å²) in [5.41, 5.74) is 0.554. The number of nitrogens with zero attached hydrogens (tertiary/aromatic N) is 4. The Balaban J connectivity index is 1.60. The largest absolute Gasteiger partial charge is 0.459 e. The van der Waals surface area contributed by atoms with Gasteiger partial charge in [-0.15, -0.1) is 15.3 Å². The number of aromatic nitrogens is 4. The smallest absolute Gasteiger partial charge is 0.287 e. The van der Waals surface area contributed by atoms with Crippen LogP contribution in [-0.2, 0) is 5.41 Å². The SMILES string of the molecule is CC(C)(C)c1nnc2ccc(NCCNC(=O)c3ccco3)nn12. The zero-order valence-corrected chi connectivity index (χ0v) is 13.9. The Labute approximate surface area is 139 Å². The van der Waals surface area contributed by atoms with Crippen molar-refractivity contribution in [3.05, 3.63) is 42.1 Å². The molecule has 0 radical (unpaired) electrons. The highest BCUT2D eigenvalue weighted by molar-refractivity contribution is 5.91. The molecule has 0 bridgehead atoms. The van der Waals surface area contributed by atoms with Crippen molar-refractivity contribution in [3.8, 4) is 0 Å². The lowest BCUT2D eigenvalue weighted by Crippen LogP contribution is -2.28. The van der Waals surface area contributed by atoms with Crippen LogP contribution in [0.3, 0.4) is 0 Å². The number of carbonyl (C=O) groups is 1. The molecule has 0 aromatic carbocycles. The Morgan fingerprint density at radius 2 is 2.04 bits per heavy atom. The summed E-state index contributed by atoms with van der Waals surface area (Å²) in [6.07, 6.45) is 1.47. The van der Waals surface area contributed by atoms with E-state index in [-0.39, 0.29) is 11.3 Å². The molecular weight excluding hydrogens is 308 g/mol. The molecule has 8 heteroatoms. The van der Waals surface area contributed by atoms with E-state index < -0.39 is 0 Å². The fraction of sp³-hybridized carbons (Fsp3) is 0.375. The van der Waals surface area contributed by atoms with Crippen molar-refractivity contribution in [2.45, 2.75) is 26.2 Å². The molecule has 0 saturated carbocycles. The predicted molar refractivity (Wildman–Crippen MR) is 89.0 cm³/mol. The Morgan fingerprint density at radius 3 is 2.75 bits per heavy atom. The van der Waals surface area contributed by atoms with Crippen LogP contribution in [0.5, 0.6) is 0 Å². The Bertz CT molecular complexity index is 832. The van der Waals surface area contributed by atoms with Gasteiger partial charge in [0, 0.05) is 18.5 Å². The molecule has 3 aromatic rings. The summed E-state index contributed by atoms with van der Waals surface area (Å²) < 4.78 is 6.77. The first-order chi connectivity index (χ1) is 11.4. The van der Waals surface area contributed by atoms with Gasteiger partial charge in [0.15, 0.2) is 17.2 Å². The Morgan fingerprint density at radius 1 is 1.21 bits per heavy atom. The van der Waals surface area contributed by atoms with Crippen molar-refractivity contribution in [1.29, 1.82) is 0 Å². The molecule has 0 fully saturated rings. The lowest BCUT2D eigenvalue weighted by Gasteiger charge is -2.15. The number of amides is 1. The zero-order valence-electron chi connectivity index (χ0n) is 13.9. The van der Waals surface area contributed by atoms with Crippen LogP contribution in [0.2, 0.25) is 0 Å². The van der Waals surface area contributed by atoms with Gasteiger partial charge in [-0.1, -0.05) is 20.8 Å². The highest BCUT2D eigenvalue weighted by Crippen LogP contribution is 2.20. The van der Waals surface area contributed by atoms with Crippen molar-refractivity contribution in [1.82, 2.24) is 25.1 Å². The molecule has 1 amide bonds. The summed E-state index contributed by atoms with van der Waals surface area (Å²) in [5.74, 6) is 1.56. The molecule has 3 rings (SSSR count). The first kappa shape index (κ1) is 16.0. The van der Waals surface area contributed by atoms with Crippen molar-refractivity contribution in [2.24, 2.45) is 0 Å². The number of nitrogens with one attached hydrogen (secondary N) is 2. The number of rotatable bonds is 5. The van der Waals surface area contributed by atoms with Gasteiger partial charge in [0.1, 0.15) is 5.82 Å². The normalized spacial score (nSPS) is 11.6. The number of hydrogen-bond donors (Lipinski definition) is 2. The molecule has 2 N–H and O–H groups in total. The van der Waals surface area contributed by atoms with Crippen LogP contribution >= 0.6 is 0 Å². The van der Waals surface area contributed by atoms with Gasteiger partial charge in [-0.25, -0.2) is 0 Å². The molecule has 126 valence electrons. The molecule has 3 heterocycles. The molecule has 0 atom stereocenters. The number of furan rings is 1. The van der Waals surface area contributed by atoms with Gasteiger partial charge >= 0.3 is 0 Å². The average molecular weight is 328 g/mol. The number of anilines is 1. The van der Waals surface area contributed by atoms with E-state index in [2.05, 4.69) is 46.7 Å². The summed E-state index contributed by atoms with van der Waals surface area (Å²) >= 11 is 0. The topological polar surface area (TPSA) is 97.3 Å². The van der Waals surface area contributed by atoms with Gasteiger partial charge in [-0.05, 0) is 24.3 Å². The van der Waals surface area contributed by atoms with Gasteiger partial charge < -0.3 is 15.1 Å². The number of carbonyl (C=O) groups excluding carboxylic acids is 1. The Hall–Kier alpha value is -2.90. The van der Waals surface area contributed by atoms with Crippen LogP contribution in [0, 0.1) is 0 Å². The highest BCUT2D eigenvalue weighted by Gasteiger charge is 2.21. The Kier molecular flexibility index (Phi) is 4.20. The molecule has 0 saturated heterocycles. The summed E-state index contributed by atoms with van der Waals surface area (Å²) in [4.78, 5) is 11.7. The van der Waals surface area contributed by atoms with Crippen molar-refractivity contribution in [3.63, 3.8) is 0 Å². The highest BCUT2D eigenvalue weighted by atomic mass is 16.3. The minimum Gasteiger partial charge on any atom is -0.459 e. The van der Waals surface area contributed by atoms with Crippen molar-refractivity contribution in [2.75, 3.05) is 18.4 Å². The third kappa shape index (κ3) is 3.37. The van der Waals surface area contributed by atoms with Crippen LogP contribution in [-0.4, -0.2) is 38.8 Å². The number of hydrogen-bond acceptors (Lipinski definition) is 6. The van der Waals surface area contributed by atoms with Crippen LogP contribution in [0.1, 0.15) is 37.2 Å². The van der Waals surface area contributed by atoms with Crippen LogP contribution in [0.15, 0.2) is 34.9 Å².